The molecule has 1 aromatic carbocycles. The minimum atomic E-state index is -0.582. The second-order valence-corrected chi connectivity index (χ2v) is 11.2. The number of amides is 2. The van der Waals surface area contributed by atoms with Gasteiger partial charge in [0, 0.05) is 36.9 Å². The maximum Gasteiger partial charge on any atom is 0.410 e. The van der Waals surface area contributed by atoms with Crippen LogP contribution in [0.1, 0.15) is 83.9 Å². The van der Waals surface area contributed by atoms with Gasteiger partial charge in [0.1, 0.15) is 11.6 Å². The highest BCUT2D eigenvalue weighted by atomic mass is 16.6. The Morgan fingerprint density at radius 3 is 2.47 bits per heavy atom. The third kappa shape index (κ3) is 5.69. The molecule has 0 spiro atoms. The molecule has 194 valence electrons. The minimum Gasteiger partial charge on any atom is -0.444 e. The number of ether oxygens (including phenoxy) is 1. The first-order chi connectivity index (χ1) is 17.2. The number of aryl methyl sites for hydroxylation is 2. The van der Waals surface area contributed by atoms with Crippen molar-refractivity contribution in [1.82, 2.24) is 14.4 Å². The van der Waals surface area contributed by atoms with Gasteiger partial charge in [-0.15, -0.1) is 0 Å². The Morgan fingerprint density at radius 1 is 1.06 bits per heavy atom. The molecule has 0 radical (unpaired) electrons. The number of nitriles is 1. The van der Waals surface area contributed by atoms with Crippen molar-refractivity contribution in [3.8, 4) is 6.07 Å². The highest BCUT2D eigenvalue weighted by molar-refractivity contribution is 5.86. The van der Waals surface area contributed by atoms with E-state index in [-0.39, 0.29) is 18.0 Å². The third-order valence-corrected chi connectivity index (χ3v) is 7.50. The average molecular weight is 493 g/mol. The summed E-state index contributed by atoms with van der Waals surface area (Å²) in [5.41, 5.74) is 2.43. The summed E-state index contributed by atoms with van der Waals surface area (Å²) in [4.78, 5) is 30.5. The monoisotopic (exact) mass is 492 g/mol. The molecular weight excluding hydrogens is 452 g/mol. The lowest BCUT2D eigenvalue weighted by Gasteiger charge is -2.42. The molecule has 7 nitrogen and oxygen atoms in total. The van der Waals surface area contributed by atoms with Crippen molar-refractivity contribution in [3.05, 3.63) is 35.5 Å². The number of fused-ring (bicyclic) bond motifs is 1. The van der Waals surface area contributed by atoms with E-state index in [1.54, 1.807) is 4.90 Å². The number of nitrogens with zero attached hydrogens (tertiary/aromatic N) is 4. The Labute approximate surface area is 215 Å². The Kier molecular flexibility index (Phi) is 7.92. The molecule has 0 saturated carbocycles. The summed E-state index contributed by atoms with van der Waals surface area (Å²) in [6, 6.07) is 10.1. The summed E-state index contributed by atoms with van der Waals surface area (Å²) in [6.45, 7) is 9.89. The van der Waals surface area contributed by atoms with Gasteiger partial charge in [0.25, 0.3) is 0 Å². The van der Waals surface area contributed by atoms with E-state index in [9.17, 15) is 14.9 Å². The van der Waals surface area contributed by atoms with Crippen molar-refractivity contribution in [3.63, 3.8) is 0 Å². The molecule has 2 aliphatic heterocycles. The summed E-state index contributed by atoms with van der Waals surface area (Å²) >= 11 is 0. The fourth-order valence-corrected chi connectivity index (χ4v) is 5.79. The van der Waals surface area contributed by atoms with Crippen LogP contribution in [0.5, 0.6) is 0 Å². The molecule has 0 bridgehead atoms. The summed E-state index contributed by atoms with van der Waals surface area (Å²) in [7, 11) is 0. The third-order valence-electron chi connectivity index (χ3n) is 7.50. The van der Waals surface area contributed by atoms with Gasteiger partial charge in [-0.3, -0.25) is 9.69 Å². The van der Waals surface area contributed by atoms with Crippen LogP contribution in [-0.2, 0) is 22.5 Å². The number of aromatic nitrogens is 1. The number of hydrogen-bond acceptors (Lipinski definition) is 4. The topological polar surface area (TPSA) is 78.6 Å². The zero-order valence-corrected chi connectivity index (χ0v) is 22.3. The van der Waals surface area contributed by atoms with Crippen molar-refractivity contribution >= 4 is 22.9 Å². The first-order valence-corrected chi connectivity index (χ1v) is 13.5. The first-order valence-electron chi connectivity index (χ1n) is 13.5. The van der Waals surface area contributed by atoms with Gasteiger partial charge in [-0.05, 0) is 103 Å². The molecule has 2 amide bonds. The number of carbonyl (C=O) groups is 2. The fourth-order valence-electron chi connectivity index (χ4n) is 5.79. The lowest BCUT2D eigenvalue weighted by Crippen LogP contribution is -2.57. The molecular formula is C29H40N4O3. The Morgan fingerprint density at radius 2 is 1.78 bits per heavy atom. The van der Waals surface area contributed by atoms with Gasteiger partial charge >= 0.3 is 6.09 Å². The quantitative estimate of drug-likeness (QED) is 0.541. The predicted octanol–water partition coefficient (Wildman–Crippen LogP) is 5.64. The lowest BCUT2D eigenvalue weighted by atomic mass is 9.94. The molecule has 2 fully saturated rings. The van der Waals surface area contributed by atoms with Crippen LogP contribution in [0.25, 0.3) is 10.9 Å². The molecule has 2 atom stereocenters. The molecule has 36 heavy (non-hydrogen) atoms. The minimum absolute atomic E-state index is 0.0833. The molecule has 2 saturated heterocycles. The summed E-state index contributed by atoms with van der Waals surface area (Å²) < 4.78 is 7.93. The second-order valence-electron chi connectivity index (χ2n) is 11.2. The van der Waals surface area contributed by atoms with Gasteiger partial charge < -0.3 is 14.2 Å². The fraction of sp³-hybridized carbons (Fsp3) is 0.621. The normalized spacial score (nSPS) is 20.9. The Hall–Kier alpha value is -3.01. The Bertz CT molecular complexity index is 1140. The Balaban J connectivity index is 1.50. The molecule has 1 unspecified atom stereocenters. The van der Waals surface area contributed by atoms with Gasteiger partial charge in [0.2, 0.25) is 5.91 Å². The van der Waals surface area contributed by atoms with E-state index < -0.39 is 11.6 Å². The van der Waals surface area contributed by atoms with Crippen LogP contribution >= 0.6 is 0 Å². The van der Waals surface area contributed by atoms with E-state index in [0.717, 1.165) is 68.9 Å². The van der Waals surface area contributed by atoms with Crippen molar-refractivity contribution in [2.45, 2.75) is 103 Å². The van der Waals surface area contributed by atoms with Crippen LogP contribution in [0.3, 0.4) is 0 Å². The zero-order chi connectivity index (χ0) is 25.9. The SMILES string of the molecule is CCn1c(CC[C@@H]2CCCCN2C(=O)C2CCCCN2C(=O)OC(C)(C)C)cc2ccc(C#N)cc21. The molecule has 2 aromatic rings. The van der Waals surface area contributed by atoms with Crippen molar-refractivity contribution in [2.75, 3.05) is 13.1 Å². The van der Waals surface area contributed by atoms with E-state index in [1.807, 2.05) is 39.0 Å². The van der Waals surface area contributed by atoms with Crippen LogP contribution in [0.15, 0.2) is 24.3 Å². The van der Waals surface area contributed by atoms with Crippen LogP contribution < -0.4 is 0 Å². The lowest BCUT2D eigenvalue weighted by molar-refractivity contribution is -0.142. The summed E-state index contributed by atoms with van der Waals surface area (Å²) in [5, 5.41) is 10.5. The van der Waals surface area contributed by atoms with Crippen molar-refractivity contribution in [2.24, 2.45) is 0 Å². The maximum atomic E-state index is 13.8. The largest absolute Gasteiger partial charge is 0.444 e. The number of benzene rings is 1. The number of rotatable bonds is 5. The van der Waals surface area contributed by atoms with Crippen LogP contribution in [0, 0.1) is 11.3 Å². The van der Waals surface area contributed by atoms with Gasteiger partial charge in [-0.25, -0.2) is 4.79 Å². The highest BCUT2D eigenvalue weighted by Gasteiger charge is 2.39. The number of piperidine rings is 2. The summed E-state index contributed by atoms with van der Waals surface area (Å²) in [6.07, 6.45) is 7.08. The van der Waals surface area contributed by atoms with Crippen LogP contribution in [0.4, 0.5) is 4.79 Å². The molecule has 3 heterocycles. The molecule has 0 aliphatic carbocycles. The highest BCUT2D eigenvalue weighted by Crippen LogP contribution is 2.29. The zero-order valence-electron chi connectivity index (χ0n) is 22.3. The standard InChI is InChI=1S/C29H40N4O3/c1-5-31-24(19-22-13-12-21(20-30)18-26(22)31)15-14-23-10-6-8-16-32(23)27(34)25-11-7-9-17-33(25)28(35)36-29(2,3)4/h12-13,18-19,23,25H,5-11,14-17H2,1-4H3/t23-,25?/m0/s1. The van der Waals surface area contributed by atoms with Gasteiger partial charge in [-0.2, -0.15) is 5.26 Å². The maximum absolute atomic E-state index is 13.8. The first kappa shape index (κ1) is 26.1. The van der Waals surface area contributed by atoms with Crippen molar-refractivity contribution in [1.29, 1.82) is 5.26 Å². The van der Waals surface area contributed by atoms with E-state index in [2.05, 4.69) is 28.5 Å². The smallest absolute Gasteiger partial charge is 0.410 e. The van der Waals surface area contributed by atoms with Crippen LogP contribution in [-0.4, -0.2) is 57.1 Å². The van der Waals surface area contributed by atoms with E-state index in [1.165, 1.54) is 5.69 Å². The molecule has 1 aromatic heterocycles. The van der Waals surface area contributed by atoms with Gasteiger partial charge in [0.05, 0.1) is 11.6 Å². The van der Waals surface area contributed by atoms with Gasteiger partial charge in [0.15, 0.2) is 0 Å². The predicted molar refractivity (Wildman–Crippen MR) is 141 cm³/mol. The molecule has 4 rings (SSSR count). The van der Waals surface area contributed by atoms with E-state index in [4.69, 9.17) is 4.74 Å². The van der Waals surface area contributed by atoms with Crippen molar-refractivity contribution < 1.29 is 14.3 Å². The van der Waals surface area contributed by atoms with E-state index >= 15 is 0 Å². The molecule has 2 aliphatic rings. The summed E-state index contributed by atoms with van der Waals surface area (Å²) in [5.74, 6) is 0.0833. The molecule has 0 N–H and O–H groups in total. The van der Waals surface area contributed by atoms with E-state index in [0.29, 0.717) is 18.5 Å². The molecule has 7 heteroatoms. The van der Waals surface area contributed by atoms with Gasteiger partial charge in [-0.1, -0.05) is 6.07 Å². The number of likely N-dealkylation sites (tertiary alicyclic amines) is 2. The number of carbonyl (C=O) groups excluding carboxylic acids is 2. The average Bonchev–Trinajstić information content (AvgIpc) is 3.22. The van der Waals surface area contributed by atoms with Crippen LogP contribution in [0.2, 0.25) is 0 Å². The second kappa shape index (κ2) is 10.9. The number of hydrogen-bond donors (Lipinski definition) is 0.